The van der Waals surface area contributed by atoms with Crippen LogP contribution >= 0.6 is 0 Å². The lowest BCUT2D eigenvalue weighted by molar-refractivity contribution is -0.131. The Morgan fingerprint density at radius 3 is 2.44 bits per heavy atom. The first-order valence-electron chi connectivity index (χ1n) is 5.02. The Hall–Kier alpha value is -1.64. The van der Waals surface area contributed by atoms with E-state index in [9.17, 15) is 9.18 Å². The Morgan fingerprint density at radius 2 is 2.00 bits per heavy atom. The first kappa shape index (κ1) is 12.4. The minimum Gasteiger partial charge on any atom is -0.478 e. The minimum atomic E-state index is -1.02. The summed E-state index contributed by atoms with van der Waals surface area (Å²) in [6.45, 7) is 5.69. The quantitative estimate of drug-likeness (QED) is 0.779. The molecule has 0 saturated heterocycles. The summed E-state index contributed by atoms with van der Waals surface area (Å²) in [7, 11) is 0. The Morgan fingerprint density at radius 1 is 1.38 bits per heavy atom. The number of carboxylic acid groups (broad SMARTS) is 1. The summed E-state index contributed by atoms with van der Waals surface area (Å²) in [5.41, 5.74) is 0.876. The molecule has 0 radical (unpaired) electrons. The first-order valence-corrected chi connectivity index (χ1v) is 5.02. The van der Waals surface area contributed by atoms with Crippen LogP contribution in [0.1, 0.15) is 26.3 Å². The lowest BCUT2D eigenvalue weighted by atomic mass is 9.82. The number of carbonyl (C=O) groups is 1. The number of rotatable bonds is 2. The van der Waals surface area contributed by atoms with E-state index in [2.05, 4.69) is 0 Å². The largest absolute Gasteiger partial charge is 0.478 e. The van der Waals surface area contributed by atoms with E-state index in [4.69, 9.17) is 5.11 Å². The average Bonchev–Trinajstić information content (AvgIpc) is 2.12. The number of carboxylic acids is 1. The molecule has 0 unspecified atom stereocenters. The van der Waals surface area contributed by atoms with Crippen molar-refractivity contribution < 1.29 is 14.3 Å². The molecule has 0 heterocycles. The lowest BCUT2D eigenvalue weighted by Crippen LogP contribution is -2.10. The molecule has 0 aliphatic rings. The molecule has 86 valence electrons. The zero-order chi connectivity index (χ0) is 12.3. The molecule has 0 spiro atoms. The van der Waals surface area contributed by atoms with Crippen molar-refractivity contribution in [1.29, 1.82) is 0 Å². The Balaban J connectivity index is 3.28. The Bertz CT molecular complexity index is 428. The monoisotopic (exact) mass is 222 g/mol. The van der Waals surface area contributed by atoms with Crippen LogP contribution in [0.15, 0.2) is 30.3 Å². The maximum Gasteiger partial charge on any atom is 0.328 e. The van der Waals surface area contributed by atoms with Crippen LogP contribution in [-0.4, -0.2) is 11.1 Å². The van der Waals surface area contributed by atoms with Crippen LogP contribution in [0, 0.1) is 11.2 Å². The van der Waals surface area contributed by atoms with Crippen LogP contribution in [0.2, 0.25) is 0 Å². The summed E-state index contributed by atoms with van der Waals surface area (Å²) in [5, 5.41) is 8.81. The number of aliphatic carboxylic acids is 1. The smallest absolute Gasteiger partial charge is 0.328 e. The van der Waals surface area contributed by atoms with Gasteiger partial charge in [-0.05, 0) is 28.7 Å². The van der Waals surface area contributed by atoms with Gasteiger partial charge in [-0.1, -0.05) is 32.9 Å². The topological polar surface area (TPSA) is 37.3 Å². The van der Waals surface area contributed by atoms with Crippen molar-refractivity contribution in [1.82, 2.24) is 0 Å². The molecule has 0 aromatic heterocycles. The van der Waals surface area contributed by atoms with Gasteiger partial charge in [0.2, 0.25) is 0 Å². The van der Waals surface area contributed by atoms with Crippen LogP contribution in [0.5, 0.6) is 0 Å². The molecule has 0 saturated carbocycles. The van der Waals surface area contributed by atoms with Gasteiger partial charge in [-0.15, -0.1) is 0 Å². The molecule has 0 amide bonds. The van der Waals surface area contributed by atoms with E-state index in [1.807, 2.05) is 20.8 Å². The molecule has 16 heavy (non-hydrogen) atoms. The van der Waals surface area contributed by atoms with Crippen molar-refractivity contribution in [3.8, 4) is 0 Å². The summed E-state index contributed by atoms with van der Waals surface area (Å²) in [5.74, 6) is -1.38. The number of hydrogen-bond acceptors (Lipinski definition) is 1. The van der Waals surface area contributed by atoms with Crippen molar-refractivity contribution in [2.45, 2.75) is 20.8 Å². The van der Waals surface area contributed by atoms with Crippen molar-refractivity contribution in [3.05, 3.63) is 41.7 Å². The second-order valence-electron chi connectivity index (χ2n) is 4.66. The van der Waals surface area contributed by atoms with Crippen molar-refractivity contribution in [2.75, 3.05) is 0 Å². The molecule has 0 aliphatic heterocycles. The van der Waals surface area contributed by atoms with Gasteiger partial charge in [-0.2, -0.15) is 0 Å². The van der Waals surface area contributed by atoms with E-state index in [1.54, 1.807) is 12.1 Å². The number of benzene rings is 1. The fraction of sp³-hybridized carbons (Fsp3) is 0.308. The fourth-order valence-electron chi connectivity index (χ4n) is 1.51. The van der Waals surface area contributed by atoms with Gasteiger partial charge in [0.1, 0.15) is 5.82 Å². The highest BCUT2D eigenvalue weighted by molar-refractivity contribution is 5.91. The number of hydrogen-bond donors (Lipinski definition) is 1. The molecule has 1 aromatic rings. The SMILES string of the molecule is CC(C)(C)/C(=C\C(=O)O)c1cccc(F)c1. The predicted octanol–water partition coefficient (Wildman–Crippen LogP) is 3.34. The summed E-state index contributed by atoms with van der Waals surface area (Å²) in [4.78, 5) is 10.7. The Labute approximate surface area is 94.4 Å². The summed E-state index contributed by atoms with van der Waals surface area (Å²) >= 11 is 0. The number of halogens is 1. The van der Waals surface area contributed by atoms with E-state index in [1.165, 1.54) is 12.1 Å². The molecule has 2 nitrogen and oxygen atoms in total. The lowest BCUT2D eigenvalue weighted by Gasteiger charge is -2.23. The van der Waals surface area contributed by atoms with Crippen molar-refractivity contribution in [2.24, 2.45) is 5.41 Å². The molecule has 1 aromatic carbocycles. The molecule has 3 heteroatoms. The van der Waals surface area contributed by atoms with Gasteiger partial charge in [-0.25, -0.2) is 9.18 Å². The molecular weight excluding hydrogens is 207 g/mol. The van der Waals surface area contributed by atoms with Gasteiger partial charge in [0.25, 0.3) is 0 Å². The highest BCUT2D eigenvalue weighted by Crippen LogP contribution is 2.33. The second kappa shape index (κ2) is 4.47. The molecular formula is C13H15FO2. The van der Waals surface area contributed by atoms with E-state index < -0.39 is 5.97 Å². The molecule has 0 aliphatic carbocycles. The fourth-order valence-corrected chi connectivity index (χ4v) is 1.51. The third-order valence-electron chi connectivity index (χ3n) is 2.21. The van der Waals surface area contributed by atoms with E-state index in [-0.39, 0.29) is 11.2 Å². The minimum absolute atomic E-state index is 0.341. The van der Waals surface area contributed by atoms with Crippen molar-refractivity contribution >= 4 is 11.5 Å². The first-order chi connectivity index (χ1) is 7.30. The van der Waals surface area contributed by atoms with Crippen molar-refractivity contribution in [3.63, 3.8) is 0 Å². The standard InChI is InChI=1S/C13H15FO2/c1-13(2,3)11(8-12(15)16)9-5-4-6-10(14)7-9/h4-8H,1-3H3,(H,15,16)/b11-8-. The van der Waals surface area contributed by atoms with Gasteiger partial charge in [0.05, 0.1) is 0 Å². The highest BCUT2D eigenvalue weighted by atomic mass is 19.1. The molecule has 1 N–H and O–H groups in total. The molecule has 1 rings (SSSR count). The number of allylic oxidation sites excluding steroid dienone is 1. The van der Waals surface area contributed by atoms with Crippen LogP contribution < -0.4 is 0 Å². The maximum absolute atomic E-state index is 13.1. The zero-order valence-electron chi connectivity index (χ0n) is 9.62. The van der Waals surface area contributed by atoms with Gasteiger partial charge < -0.3 is 5.11 Å². The van der Waals surface area contributed by atoms with E-state index >= 15 is 0 Å². The maximum atomic E-state index is 13.1. The predicted molar refractivity (Wildman–Crippen MR) is 61.5 cm³/mol. The van der Waals surface area contributed by atoms with Gasteiger partial charge in [-0.3, -0.25) is 0 Å². The van der Waals surface area contributed by atoms with Gasteiger partial charge in [0.15, 0.2) is 0 Å². The summed E-state index contributed by atoms with van der Waals surface area (Å²) in [6, 6.07) is 5.97. The third-order valence-corrected chi connectivity index (χ3v) is 2.21. The van der Waals surface area contributed by atoms with E-state index in [0.717, 1.165) is 6.08 Å². The zero-order valence-corrected chi connectivity index (χ0v) is 9.62. The van der Waals surface area contributed by atoms with Gasteiger partial charge >= 0.3 is 5.97 Å². The Kier molecular flexibility index (Phi) is 3.48. The summed E-state index contributed by atoms with van der Waals surface area (Å²) < 4.78 is 13.1. The average molecular weight is 222 g/mol. The van der Waals surface area contributed by atoms with Crippen LogP contribution in [0.3, 0.4) is 0 Å². The second-order valence-corrected chi connectivity index (χ2v) is 4.66. The normalized spacial score (nSPS) is 12.6. The van der Waals surface area contributed by atoms with Crippen LogP contribution in [0.25, 0.3) is 5.57 Å². The molecule has 0 atom stereocenters. The third kappa shape index (κ3) is 3.19. The molecule has 0 bridgehead atoms. The molecule has 0 fully saturated rings. The van der Waals surface area contributed by atoms with E-state index in [0.29, 0.717) is 11.1 Å². The van der Waals surface area contributed by atoms with Gasteiger partial charge in [0, 0.05) is 6.08 Å². The van der Waals surface area contributed by atoms with Crippen LogP contribution in [-0.2, 0) is 4.79 Å². The summed E-state index contributed by atoms with van der Waals surface area (Å²) in [6.07, 6.45) is 1.13. The highest BCUT2D eigenvalue weighted by Gasteiger charge is 2.20. The van der Waals surface area contributed by atoms with Crippen LogP contribution in [0.4, 0.5) is 4.39 Å².